The van der Waals surface area contributed by atoms with Crippen LogP contribution in [0.15, 0.2) is 12.3 Å². The van der Waals surface area contributed by atoms with Crippen LogP contribution in [-0.2, 0) is 12.7 Å². The van der Waals surface area contributed by atoms with Crippen molar-refractivity contribution in [2.24, 2.45) is 0 Å². The zero-order valence-electron chi connectivity index (χ0n) is 11.4. The number of nitrogens with zero attached hydrogens (tertiary/aromatic N) is 3. The summed E-state index contributed by atoms with van der Waals surface area (Å²) in [6.45, 7) is 9.04. The average molecular weight is 278 g/mol. The minimum Gasteiger partial charge on any atom is -0.314 e. The molecule has 1 heterocycles. The Hall–Kier alpha value is -1.08. The lowest BCUT2D eigenvalue weighted by molar-refractivity contribution is -0.141. The first-order valence-corrected chi connectivity index (χ1v) is 6.51. The normalized spacial score (nSPS) is 12.3. The van der Waals surface area contributed by atoms with Crippen LogP contribution in [0.25, 0.3) is 0 Å². The third-order valence-corrected chi connectivity index (χ3v) is 2.95. The molecule has 0 bridgehead atoms. The molecule has 0 aliphatic heterocycles. The van der Waals surface area contributed by atoms with E-state index in [1.54, 1.807) is 0 Å². The van der Waals surface area contributed by atoms with Crippen molar-refractivity contribution in [3.8, 4) is 0 Å². The van der Waals surface area contributed by atoms with Gasteiger partial charge in [0.1, 0.15) is 0 Å². The van der Waals surface area contributed by atoms with Gasteiger partial charge in [-0.05, 0) is 19.2 Å². The summed E-state index contributed by atoms with van der Waals surface area (Å²) in [6, 6.07) is 0.996. The number of alkyl halides is 3. The Morgan fingerprint density at radius 3 is 2.47 bits per heavy atom. The Morgan fingerprint density at radius 1 is 1.26 bits per heavy atom. The molecule has 0 amide bonds. The minimum atomic E-state index is -4.36. The van der Waals surface area contributed by atoms with Gasteiger partial charge in [-0.3, -0.25) is 4.68 Å². The molecule has 0 fully saturated rings. The molecule has 4 nitrogen and oxygen atoms in total. The Labute approximate surface area is 111 Å². The molecule has 1 N–H and O–H groups in total. The molecule has 1 aromatic rings. The summed E-state index contributed by atoms with van der Waals surface area (Å²) in [5, 5.41) is 6.69. The fourth-order valence-electron chi connectivity index (χ4n) is 1.73. The summed E-state index contributed by atoms with van der Waals surface area (Å²) in [7, 11) is 0. The highest BCUT2D eigenvalue weighted by atomic mass is 19.4. The summed E-state index contributed by atoms with van der Waals surface area (Å²) in [5.41, 5.74) is -0.837. The van der Waals surface area contributed by atoms with Crippen molar-refractivity contribution in [1.82, 2.24) is 20.0 Å². The van der Waals surface area contributed by atoms with Crippen molar-refractivity contribution in [2.45, 2.75) is 26.6 Å². The number of aromatic nitrogens is 2. The van der Waals surface area contributed by atoms with E-state index in [4.69, 9.17) is 0 Å². The average Bonchev–Trinajstić information content (AvgIpc) is 2.82. The van der Waals surface area contributed by atoms with Crippen LogP contribution in [0.3, 0.4) is 0 Å². The van der Waals surface area contributed by atoms with Crippen LogP contribution in [0.4, 0.5) is 13.2 Å². The van der Waals surface area contributed by atoms with E-state index in [-0.39, 0.29) is 0 Å². The number of nitrogens with one attached hydrogen (secondary N) is 1. The van der Waals surface area contributed by atoms with E-state index in [0.717, 1.165) is 32.2 Å². The number of hydrogen-bond donors (Lipinski definition) is 1. The predicted octanol–water partition coefficient (Wildman–Crippen LogP) is 1.83. The van der Waals surface area contributed by atoms with Gasteiger partial charge in [0.2, 0.25) is 0 Å². The Balaban J connectivity index is 2.21. The maximum Gasteiger partial charge on any atom is 0.435 e. The molecule has 110 valence electrons. The van der Waals surface area contributed by atoms with Crippen LogP contribution < -0.4 is 5.32 Å². The van der Waals surface area contributed by atoms with E-state index in [0.29, 0.717) is 13.1 Å². The molecule has 0 spiro atoms. The van der Waals surface area contributed by atoms with Crippen molar-refractivity contribution >= 4 is 0 Å². The van der Waals surface area contributed by atoms with Gasteiger partial charge in [-0.25, -0.2) is 0 Å². The van der Waals surface area contributed by atoms with E-state index >= 15 is 0 Å². The second-order valence-corrected chi connectivity index (χ2v) is 4.24. The second kappa shape index (κ2) is 7.49. The first-order chi connectivity index (χ1) is 8.97. The monoisotopic (exact) mass is 278 g/mol. The molecular weight excluding hydrogens is 257 g/mol. The van der Waals surface area contributed by atoms with Crippen LogP contribution in [-0.4, -0.2) is 47.4 Å². The number of halogens is 3. The molecule has 0 aliphatic carbocycles. The first kappa shape index (κ1) is 16.0. The SMILES string of the molecule is CCN(CC)CCNCCn1ccc(C(F)(F)F)n1. The fraction of sp³-hybridized carbons (Fsp3) is 0.750. The summed E-state index contributed by atoms with van der Waals surface area (Å²) in [6.07, 6.45) is -3.00. The van der Waals surface area contributed by atoms with Gasteiger partial charge in [0, 0.05) is 25.8 Å². The third-order valence-electron chi connectivity index (χ3n) is 2.95. The summed E-state index contributed by atoms with van der Waals surface area (Å²) in [5.74, 6) is 0. The number of rotatable bonds is 8. The van der Waals surface area contributed by atoms with E-state index in [1.165, 1.54) is 10.9 Å². The molecule has 0 saturated carbocycles. The molecule has 19 heavy (non-hydrogen) atoms. The summed E-state index contributed by atoms with van der Waals surface area (Å²) in [4.78, 5) is 2.28. The molecule has 0 aliphatic rings. The molecule has 1 aromatic heterocycles. The van der Waals surface area contributed by atoms with E-state index in [9.17, 15) is 13.2 Å². The molecular formula is C12H21F3N4. The summed E-state index contributed by atoms with van der Waals surface area (Å²) >= 11 is 0. The van der Waals surface area contributed by atoms with Gasteiger partial charge in [-0.1, -0.05) is 13.8 Å². The van der Waals surface area contributed by atoms with E-state index in [2.05, 4.69) is 29.2 Å². The maximum atomic E-state index is 12.3. The van der Waals surface area contributed by atoms with E-state index < -0.39 is 11.9 Å². The molecule has 0 saturated heterocycles. The number of likely N-dealkylation sites (N-methyl/N-ethyl adjacent to an activating group) is 1. The van der Waals surface area contributed by atoms with Crippen LogP contribution in [0.5, 0.6) is 0 Å². The largest absolute Gasteiger partial charge is 0.435 e. The quantitative estimate of drug-likeness (QED) is 0.737. The van der Waals surface area contributed by atoms with Gasteiger partial charge >= 0.3 is 6.18 Å². The molecule has 0 unspecified atom stereocenters. The number of hydrogen-bond acceptors (Lipinski definition) is 3. The maximum absolute atomic E-state index is 12.3. The predicted molar refractivity (Wildman–Crippen MR) is 67.9 cm³/mol. The van der Waals surface area contributed by atoms with Gasteiger partial charge in [0.25, 0.3) is 0 Å². The van der Waals surface area contributed by atoms with E-state index in [1.807, 2.05) is 0 Å². The van der Waals surface area contributed by atoms with Crippen molar-refractivity contribution in [1.29, 1.82) is 0 Å². The van der Waals surface area contributed by atoms with Crippen molar-refractivity contribution in [2.75, 3.05) is 32.7 Å². The van der Waals surface area contributed by atoms with Crippen LogP contribution >= 0.6 is 0 Å². The first-order valence-electron chi connectivity index (χ1n) is 6.51. The zero-order chi connectivity index (χ0) is 14.3. The zero-order valence-corrected chi connectivity index (χ0v) is 11.4. The van der Waals surface area contributed by atoms with Gasteiger partial charge < -0.3 is 10.2 Å². The second-order valence-electron chi connectivity index (χ2n) is 4.24. The molecule has 0 atom stereocenters. The Kier molecular flexibility index (Phi) is 6.30. The summed E-state index contributed by atoms with van der Waals surface area (Å²) < 4.78 is 38.3. The molecule has 1 rings (SSSR count). The highest BCUT2D eigenvalue weighted by Gasteiger charge is 2.33. The lowest BCUT2D eigenvalue weighted by atomic mass is 10.4. The lowest BCUT2D eigenvalue weighted by Crippen LogP contribution is -2.33. The lowest BCUT2D eigenvalue weighted by Gasteiger charge is -2.17. The van der Waals surface area contributed by atoms with Crippen molar-refractivity contribution in [3.63, 3.8) is 0 Å². The highest BCUT2D eigenvalue weighted by Crippen LogP contribution is 2.26. The topological polar surface area (TPSA) is 33.1 Å². The highest BCUT2D eigenvalue weighted by molar-refractivity contribution is 5.03. The molecule has 7 heteroatoms. The van der Waals surface area contributed by atoms with Crippen LogP contribution in [0, 0.1) is 0 Å². The smallest absolute Gasteiger partial charge is 0.314 e. The van der Waals surface area contributed by atoms with Gasteiger partial charge in [-0.15, -0.1) is 0 Å². The third kappa shape index (κ3) is 5.61. The van der Waals surface area contributed by atoms with Gasteiger partial charge in [-0.2, -0.15) is 18.3 Å². The Morgan fingerprint density at radius 2 is 1.95 bits per heavy atom. The van der Waals surface area contributed by atoms with Crippen molar-refractivity contribution in [3.05, 3.63) is 18.0 Å². The standard InChI is InChI=1S/C12H21F3N4/c1-3-18(4-2)9-6-16-7-10-19-8-5-11(17-19)12(13,14)15/h5,8,16H,3-4,6-7,9-10H2,1-2H3. The fourth-order valence-corrected chi connectivity index (χ4v) is 1.73. The van der Waals surface area contributed by atoms with Gasteiger partial charge in [0.05, 0.1) is 6.54 Å². The minimum absolute atomic E-state index is 0.439. The Bertz CT molecular complexity index is 358. The van der Waals surface area contributed by atoms with Crippen LogP contribution in [0.2, 0.25) is 0 Å². The van der Waals surface area contributed by atoms with Crippen molar-refractivity contribution < 1.29 is 13.2 Å². The van der Waals surface area contributed by atoms with Crippen LogP contribution in [0.1, 0.15) is 19.5 Å². The molecule has 0 radical (unpaired) electrons. The van der Waals surface area contributed by atoms with Gasteiger partial charge in [0.15, 0.2) is 5.69 Å². The molecule has 0 aromatic carbocycles.